The maximum atomic E-state index is 12.9. The molecule has 1 aromatic rings. The number of likely N-dealkylation sites (tertiary alicyclic amines) is 1. The van der Waals surface area contributed by atoms with Crippen LogP contribution in [0.15, 0.2) is 51.6 Å². The van der Waals surface area contributed by atoms with Crippen LogP contribution in [-0.4, -0.2) is 60.1 Å². The van der Waals surface area contributed by atoms with Crippen molar-refractivity contribution >= 4 is 28.8 Å². The highest BCUT2D eigenvalue weighted by molar-refractivity contribution is 8.16. The van der Waals surface area contributed by atoms with Crippen LogP contribution in [-0.2, 0) is 14.3 Å². The smallest absolute Gasteiger partial charge is 0.338 e. The molecule has 3 heterocycles. The van der Waals surface area contributed by atoms with Gasteiger partial charge in [0.25, 0.3) is 0 Å². The van der Waals surface area contributed by atoms with Crippen molar-refractivity contribution in [3.05, 3.63) is 57.8 Å². The highest BCUT2D eigenvalue weighted by Gasteiger charge is 2.41. The van der Waals surface area contributed by atoms with Gasteiger partial charge in [-0.25, -0.2) is 9.79 Å². The second-order valence-electron chi connectivity index (χ2n) is 9.11. The van der Waals surface area contributed by atoms with Crippen LogP contribution in [0.4, 0.5) is 0 Å². The van der Waals surface area contributed by atoms with Gasteiger partial charge >= 0.3 is 5.97 Å². The van der Waals surface area contributed by atoms with Gasteiger partial charge in [0, 0.05) is 18.3 Å². The lowest BCUT2D eigenvalue weighted by Gasteiger charge is -2.36. The molecule has 0 bridgehead atoms. The van der Waals surface area contributed by atoms with Gasteiger partial charge < -0.3 is 19.9 Å². The first-order valence-electron chi connectivity index (χ1n) is 12.0. The molecule has 3 aliphatic rings. The Kier molecular flexibility index (Phi) is 7.78. The van der Waals surface area contributed by atoms with E-state index in [0.717, 1.165) is 40.7 Å². The Morgan fingerprint density at radius 2 is 2.15 bits per heavy atom. The van der Waals surface area contributed by atoms with E-state index < -0.39 is 0 Å². The molecule has 182 valence electrons. The van der Waals surface area contributed by atoms with Crippen LogP contribution in [0.2, 0.25) is 0 Å². The predicted molar refractivity (Wildman–Crippen MR) is 136 cm³/mol. The zero-order valence-corrected chi connectivity index (χ0v) is 21.3. The third-order valence-corrected chi connectivity index (χ3v) is 7.69. The van der Waals surface area contributed by atoms with Gasteiger partial charge in [-0.3, -0.25) is 4.79 Å². The second kappa shape index (κ2) is 10.8. The zero-order chi connectivity index (χ0) is 24.2. The maximum absolute atomic E-state index is 12.9. The minimum absolute atomic E-state index is 0.0124. The van der Waals surface area contributed by atoms with E-state index in [1.165, 1.54) is 31.7 Å². The number of esters is 1. The van der Waals surface area contributed by atoms with Gasteiger partial charge in [-0.2, -0.15) is 0 Å². The van der Waals surface area contributed by atoms with Crippen molar-refractivity contribution < 1.29 is 14.3 Å². The fourth-order valence-corrected chi connectivity index (χ4v) is 5.95. The molecule has 3 aliphatic heterocycles. The topological polar surface area (TPSA) is 74.2 Å². The van der Waals surface area contributed by atoms with Crippen LogP contribution in [0.25, 0.3) is 0 Å². The number of fused-ring (bicyclic) bond motifs is 1. The van der Waals surface area contributed by atoms with Gasteiger partial charge in [0.1, 0.15) is 0 Å². The molecule has 1 saturated heterocycles. The number of amidine groups is 1. The summed E-state index contributed by atoms with van der Waals surface area (Å²) in [6, 6.07) is 8.31. The number of allylic oxidation sites excluding steroid dienone is 1. The first-order valence-corrected chi connectivity index (χ1v) is 12.9. The summed E-state index contributed by atoms with van der Waals surface area (Å²) in [5, 5.41) is 5.88. The molecular formula is C26H34N4O3S. The quantitative estimate of drug-likeness (QED) is 0.562. The van der Waals surface area contributed by atoms with Crippen molar-refractivity contribution in [1.29, 1.82) is 0 Å². The van der Waals surface area contributed by atoms with Gasteiger partial charge in [0.15, 0.2) is 5.17 Å². The number of nitrogens with one attached hydrogen (secondary N) is 1. The highest BCUT2D eigenvalue weighted by atomic mass is 32.2. The van der Waals surface area contributed by atoms with Crippen LogP contribution in [0.3, 0.4) is 0 Å². The largest absolute Gasteiger partial charge is 0.466 e. The molecule has 0 aromatic heterocycles. The number of hydrogen-bond donors (Lipinski definition) is 1. The molecule has 0 saturated carbocycles. The van der Waals surface area contributed by atoms with E-state index in [-0.39, 0.29) is 24.3 Å². The number of nitrogens with zero attached hydrogens (tertiary/aromatic N) is 3. The number of rotatable bonds is 8. The van der Waals surface area contributed by atoms with E-state index in [4.69, 9.17) is 9.73 Å². The molecule has 1 aromatic carbocycles. The second-order valence-corrected chi connectivity index (χ2v) is 9.94. The summed E-state index contributed by atoms with van der Waals surface area (Å²) in [4.78, 5) is 35.0. The average Bonchev–Trinajstić information content (AvgIpc) is 3.42. The van der Waals surface area contributed by atoms with Crippen molar-refractivity contribution in [3.8, 4) is 0 Å². The van der Waals surface area contributed by atoms with Crippen LogP contribution >= 0.6 is 11.8 Å². The third kappa shape index (κ3) is 5.08. The predicted octanol–water partition coefficient (Wildman–Crippen LogP) is 4.12. The van der Waals surface area contributed by atoms with Crippen molar-refractivity contribution in [2.24, 2.45) is 4.99 Å². The van der Waals surface area contributed by atoms with E-state index in [0.29, 0.717) is 24.6 Å². The third-order valence-electron chi connectivity index (χ3n) is 6.80. The first-order chi connectivity index (χ1) is 16.4. The Balaban J connectivity index is 1.55. The summed E-state index contributed by atoms with van der Waals surface area (Å²) in [6.45, 7) is 5.84. The van der Waals surface area contributed by atoms with Crippen molar-refractivity contribution in [3.63, 3.8) is 0 Å². The minimum atomic E-state index is -0.382. The maximum Gasteiger partial charge on any atom is 0.338 e. The number of aliphatic imine (C=N–C) groups is 1. The number of carbonyl (C=O) groups excluding carboxylic acids is 2. The number of benzene rings is 1. The number of hydrogen-bond acceptors (Lipinski definition) is 7. The Hall–Kier alpha value is -2.58. The molecule has 8 heteroatoms. The Morgan fingerprint density at radius 3 is 2.82 bits per heavy atom. The van der Waals surface area contributed by atoms with Crippen LogP contribution in [0, 0.1) is 6.92 Å². The summed E-state index contributed by atoms with van der Waals surface area (Å²) < 4.78 is 5.18. The van der Waals surface area contributed by atoms with Crippen molar-refractivity contribution in [2.45, 2.75) is 58.0 Å². The summed E-state index contributed by atoms with van der Waals surface area (Å²) >= 11 is 1.50. The molecule has 0 spiro atoms. The van der Waals surface area contributed by atoms with Crippen LogP contribution in [0.1, 0.15) is 56.2 Å². The van der Waals surface area contributed by atoms with Crippen LogP contribution < -0.4 is 5.32 Å². The molecule has 7 nitrogen and oxygen atoms in total. The Labute approximate surface area is 206 Å². The number of methoxy groups -OCH3 is 1. The van der Waals surface area contributed by atoms with Gasteiger partial charge in [-0.05, 0) is 57.2 Å². The van der Waals surface area contributed by atoms with E-state index in [1.54, 1.807) is 0 Å². The lowest BCUT2D eigenvalue weighted by atomic mass is 9.92. The fourth-order valence-electron chi connectivity index (χ4n) is 5.02. The summed E-state index contributed by atoms with van der Waals surface area (Å²) in [7, 11) is 3.56. The Bertz CT molecular complexity index is 1050. The van der Waals surface area contributed by atoms with E-state index >= 15 is 0 Å². The number of aryl methyl sites for hydroxylation is 1. The van der Waals surface area contributed by atoms with Crippen molar-refractivity contribution in [1.82, 2.24) is 15.1 Å². The van der Waals surface area contributed by atoms with Crippen molar-refractivity contribution in [2.75, 3.05) is 27.2 Å². The lowest BCUT2D eigenvalue weighted by molar-refractivity contribution is -0.136. The number of carbonyl (C=O) groups is 2. The molecule has 0 radical (unpaired) electrons. The molecule has 4 rings (SSSR count). The molecule has 0 unspecified atom stereocenters. The molecule has 1 N–H and O–H groups in total. The lowest BCUT2D eigenvalue weighted by Crippen LogP contribution is -2.38. The average molecular weight is 483 g/mol. The first kappa shape index (κ1) is 24.5. The highest BCUT2D eigenvalue weighted by Crippen LogP contribution is 2.45. The van der Waals surface area contributed by atoms with Gasteiger partial charge in [-0.15, -0.1) is 0 Å². The number of amides is 1. The van der Waals surface area contributed by atoms with Gasteiger partial charge in [0.2, 0.25) is 5.91 Å². The fraction of sp³-hybridized carbons (Fsp3) is 0.500. The molecular weight excluding hydrogens is 448 g/mol. The van der Waals surface area contributed by atoms with E-state index in [1.807, 2.05) is 42.4 Å². The van der Waals surface area contributed by atoms with Gasteiger partial charge in [-0.1, -0.05) is 48.5 Å². The summed E-state index contributed by atoms with van der Waals surface area (Å²) in [5.74, 6) is -0.394. The monoisotopic (exact) mass is 482 g/mol. The molecule has 1 amide bonds. The molecule has 0 aliphatic carbocycles. The summed E-state index contributed by atoms with van der Waals surface area (Å²) in [5.41, 5.74) is 4.21. The normalized spacial score (nSPS) is 22.4. The Morgan fingerprint density at radius 1 is 1.32 bits per heavy atom. The number of thioether (sulfide) groups is 1. The number of ether oxygens (including phenoxy) is 1. The standard InChI is InChI=1S/C26H34N4O3S/c1-5-21-23(25(32)33-4)24(18-9-6-8-17(2)14-18)30-20(16-34-26(30)28-21)15-22(31)27-12-11-19-10-7-13-29(19)3/h6,8-9,14,16,19,24H,5,7,10-13,15H2,1-4H3,(H,27,31)/t19-,24-/m1/s1. The summed E-state index contributed by atoms with van der Waals surface area (Å²) in [6.07, 6.45) is 4.25. The molecule has 34 heavy (non-hydrogen) atoms. The van der Waals surface area contributed by atoms with Gasteiger partial charge in [0.05, 0.1) is 30.8 Å². The van der Waals surface area contributed by atoms with Crippen LogP contribution in [0.5, 0.6) is 0 Å². The molecule has 2 atom stereocenters. The SMILES string of the molecule is CCC1=C(C(=O)OC)[C@@H](c2cccc(C)c2)N2C(CC(=O)NCC[C@H]3CCCN3C)=CSC2=N1. The van der Waals surface area contributed by atoms with E-state index in [9.17, 15) is 9.59 Å². The van der Waals surface area contributed by atoms with E-state index in [2.05, 4.69) is 23.3 Å². The minimum Gasteiger partial charge on any atom is -0.466 e. The molecule has 1 fully saturated rings. The zero-order valence-electron chi connectivity index (χ0n) is 20.5.